The number of nitrogen functional groups attached to an aromatic ring is 1. The SMILES string of the molecule is Nc1c(Nc2ccccc2Cl)cccc1C(=O)O. The fourth-order valence-corrected chi connectivity index (χ4v) is 1.75. The summed E-state index contributed by atoms with van der Waals surface area (Å²) in [5.74, 6) is -1.06. The van der Waals surface area contributed by atoms with Crippen LogP contribution in [-0.2, 0) is 0 Å². The molecule has 0 atom stereocenters. The topological polar surface area (TPSA) is 75.3 Å². The molecular formula is C13H11ClN2O2. The van der Waals surface area contributed by atoms with E-state index in [9.17, 15) is 4.79 Å². The Bertz CT molecular complexity index is 599. The number of hydrogen-bond donors (Lipinski definition) is 3. The standard InChI is InChI=1S/C13H11ClN2O2/c14-9-5-1-2-6-10(9)16-11-7-3-4-8(12(11)15)13(17)18/h1-7,16H,15H2,(H,17,18). The molecule has 0 heterocycles. The van der Waals surface area contributed by atoms with E-state index in [-0.39, 0.29) is 11.3 Å². The number of aromatic carboxylic acids is 1. The minimum absolute atomic E-state index is 0.0621. The number of para-hydroxylation sites is 2. The van der Waals surface area contributed by atoms with Gasteiger partial charge in [0.2, 0.25) is 0 Å². The Morgan fingerprint density at radius 1 is 1.11 bits per heavy atom. The first-order chi connectivity index (χ1) is 8.59. The van der Waals surface area contributed by atoms with Crippen LogP contribution in [0.2, 0.25) is 5.02 Å². The summed E-state index contributed by atoms with van der Waals surface area (Å²) < 4.78 is 0. The van der Waals surface area contributed by atoms with Gasteiger partial charge in [0.15, 0.2) is 0 Å². The lowest BCUT2D eigenvalue weighted by Gasteiger charge is -2.12. The van der Waals surface area contributed by atoms with Gasteiger partial charge in [-0.1, -0.05) is 29.8 Å². The Kier molecular flexibility index (Phi) is 3.39. The summed E-state index contributed by atoms with van der Waals surface area (Å²) >= 11 is 6.01. The number of nitrogens with one attached hydrogen (secondary N) is 1. The molecule has 2 rings (SSSR count). The molecule has 0 saturated carbocycles. The van der Waals surface area contributed by atoms with Crippen LogP contribution in [0, 0.1) is 0 Å². The summed E-state index contributed by atoms with van der Waals surface area (Å²) in [6.07, 6.45) is 0. The molecule has 4 nitrogen and oxygen atoms in total. The first-order valence-corrected chi connectivity index (χ1v) is 5.60. The van der Waals surface area contributed by atoms with Gasteiger partial charge < -0.3 is 16.2 Å². The zero-order chi connectivity index (χ0) is 13.1. The van der Waals surface area contributed by atoms with Crippen molar-refractivity contribution in [2.24, 2.45) is 0 Å². The number of benzene rings is 2. The van der Waals surface area contributed by atoms with Crippen molar-refractivity contribution < 1.29 is 9.90 Å². The number of nitrogens with two attached hydrogens (primary N) is 1. The minimum Gasteiger partial charge on any atom is -0.478 e. The lowest BCUT2D eigenvalue weighted by Crippen LogP contribution is -2.05. The van der Waals surface area contributed by atoms with Gasteiger partial charge in [-0.25, -0.2) is 4.79 Å². The highest BCUT2D eigenvalue weighted by Gasteiger charge is 2.11. The van der Waals surface area contributed by atoms with Crippen LogP contribution in [0.15, 0.2) is 42.5 Å². The molecule has 5 heteroatoms. The van der Waals surface area contributed by atoms with E-state index >= 15 is 0 Å². The van der Waals surface area contributed by atoms with E-state index in [4.69, 9.17) is 22.4 Å². The highest BCUT2D eigenvalue weighted by atomic mass is 35.5. The largest absolute Gasteiger partial charge is 0.478 e. The van der Waals surface area contributed by atoms with E-state index in [1.54, 1.807) is 24.3 Å². The summed E-state index contributed by atoms with van der Waals surface area (Å²) in [7, 11) is 0. The summed E-state index contributed by atoms with van der Waals surface area (Å²) in [6, 6.07) is 11.9. The average Bonchev–Trinajstić information content (AvgIpc) is 2.34. The van der Waals surface area contributed by atoms with Gasteiger partial charge in [0, 0.05) is 0 Å². The van der Waals surface area contributed by atoms with E-state index in [0.717, 1.165) is 0 Å². The van der Waals surface area contributed by atoms with Gasteiger partial charge in [-0.15, -0.1) is 0 Å². The maximum absolute atomic E-state index is 11.0. The van der Waals surface area contributed by atoms with Crippen molar-refractivity contribution in [1.82, 2.24) is 0 Å². The Morgan fingerprint density at radius 3 is 2.44 bits per heavy atom. The molecule has 0 aliphatic heterocycles. The molecule has 4 N–H and O–H groups in total. The molecular weight excluding hydrogens is 252 g/mol. The van der Waals surface area contributed by atoms with E-state index in [1.165, 1.54) is 6.07 Å². The molecule has 2 aromatic carbocycles. The number of carboxylic acid groups (broad SMARTS) is 1. The Hall–Kier alpha value is -2.20. The van der Waals surface area contributed by atoms with Crippen molar-refractivity contribution >= 4 is 34.6 Å². The molecule has 0 saturated heterocycles. The molecule has 18 heavy (non-hydrogen) atoms. The molecule has 0 aromatic heterocycles. The number of hydrogen-bond acceptors (Lipinski definition) is 3. The zero-order valence-electron chi connectivity index (χ0n) is 9.35. The number of halogens is 1. The Labute approximate surface area is 109 Å². The second-order valence-electron chi connectivity index (χ2n) is 3.68. The van der Waals surface area contributed by atoms with Gasteiger partial charge in [0.05, 0.1) is 27.6 Å². The predicted molar refractivity (Wildman–Crippen MR) is 72.5 cm³/mol. The van der Waals surface area contributed by atoms with Crippen LogP contribution >= 0.6 is 11.6 Å². The van der Waals surface area contributed by atoms with Gasteiger partial charge in [-0.05, 0) is 24.3 Å². The van der Waals surface area contributed by atoms with Crippen LogP contribution in [-0.4, -0.2) is 11.1 Å². The van der Waals surface area contributed by atoms with E-state index in [1.807, 2.05) is 12.1 Å². The third kappa shape index (κ3) is 2.38. The maximum atomic E-state index is 11.0. The van der Waals surface area contributed by atoms with E-state index < -0.39 is 5.97 Å². The molecule has 0 radical (unpaired) electrons. The van der Waals surface area contributed by atoms with Gasteiger partial charge in [-0.2, -0.15) is 0 Å². The van der Waals surface area contributed by atoms with Gasteiger partial charge in [0.1, 0.15) is 0 Å². The molecule has 0 bridgehead atoms. The Balaban J connectivity index is 2.39. The number of carbonyl (C=O) groups is 1. The zero-order valence-corrected chi connectivity index (χ0v) is 10.1. The normalized spacial score (nSPS) is 10.1. The van der Waals surface area contributed by atoms with Crippen molar-refractivity contribution in [3.8, 4) is 0 Å². The lowest BCUT2D eigenvalue weighted by atomic mass is 10.1. The fraction of sp³-hybridized carbons (Fsp3) is 0. The van der Waals surface area contributed by atoms with Crippen LogP contribution in [0.1, 0.15) is 10.4 Å². The van der Waals surface area contributed by atoms with Gasteiger partial charge >= 0.3 is 5.97 Å². The second-order valence-corrected chi connectivity index (χ2v) is 4.08. The summed E-state index contributed by atoms with van der Waals surface area (Å²) in [4.78, 5) is 11.0. The molecule has 0 fully saturated rings. The lowest BCUT2D eigenvalue weighted by molar-refractivity contribution is 0.0698. The monoisotopic (exact) mass is 262 g/mol. The van der Waals surface area contributed by atoms with E-state index in [0.29, 0.717) is 16.4 Å². The fourth-order valence-electron chi connectivity index (χ4n) is 1.57. The van der Waals surface area contributed by atoms with Crippen molar-refractivity contribution in [2.75, 3.05) is 11.1 Å². The molecule has 0 unspecified atom stereocenters. The number of carboxylic acids is 1. The first-order valence-electron chi connectivity index (χ1n) is 5.23. The smallest absolute Gasteiger partial charge is 0.337 e. The van der Waals surface area contributed by atoms with Crippen LogP contribution in [0.3, 0.4) is 0 Å². The third-order valence-corrected chi connectivity index (χ3v) is 2.81. The summed E-state index contributed by atoms with van der Waals surface area (Å²) in [6.45, 7) is 0. The minimum atomic E-state index is -1.06. The van der Waals surface area contributed by atoms with Crippen molar-refractivity contribution in [1.29, 1.82) is 0 Å². The van der Waals surface area contributed by atoms with Crippen molar-refractivity contribution in [2.45, 2.75) is 0 Å². The Morgan fingerprint density at radius 2 is 1.78 bits per heavy atom. The third-order valence-electron chi connectivity index (χ3n) is 2.48. The highest BCUT2D eigenvalue weighted by Crippen LogP contribution is 2.29. The molecule has 0 amide bonds. The first kappa shape index (κ1) is 12.3. The maximum Gasteiger partial charge on any atom is 0.337 e. The van der Waals surface area contributed by atoms with Crippen LogP contribution in [0.25, 0.3) is 0 Å². The van der Waals surface area contributed by atoms with Crippen molar-refractivity contribution in [3.05, 3.63) is 53.1 Å². The van der Waals surface area contributed by atoms with E-state index in [2.05, 4.69) is 5.32 Å². The average molecular weight is 263 g/mol. The second kappa shape index (κ2) is 4.98. The molecule has 0 spiro atoms. The molecule has 0 aliphatic carbocycles. The summed E-state index contributed by atoms with van der Waals surface area (Å²) in [5.41, 5.74) is 7.23. The quantitative estimate of drug-likeness (QED) is 0.742. The molecule has 2 aromatic rings. The number of rotatable bonds is 3. The predicted octanol–water partition coefficient (Wildman–Crippen LogP) is 3.36. The van der Waals surface area contributed by atoms with Crippen LogP contribution in [0.4, 0.5) is 17.1 Å². The van der Waals surface area contributed by atoms with Crippen LogP contribution < -0.4 is 11.1 Å². The molecule has 0 aliphatic rings. The van der Waals surface area contributed by atoms with Gasteiger partial charge in [0.25, 0.3) is 0 Å². The van der Waals surface area contributed by atoms with Crippen LogP contribution in [0.5, 0.6) is 0 Å². The highest BCUT2D eigenvalue weighted by molar-refractivity contribution is 6.33. The summed E-state index contributed by atoms with van der Waals surface area (Å²) in [5, 5.41) is 12.5. The number of anilines is 3. The van der Waals surface area contributed by atoms with Gasteiger partial charge in [-0.3, -0.25) is 0 Å². The van der Waals surface area contributed by atoms with Crippen molar-refractivity contribution in [3.63, 3.8) is 0 Å². The molecule has 92 valence electrons.